The molecule has 3 aromatic rings. The van der Waals surface area contributed by atoms with Gasteiger partial charge in [0.2, 0.25) is 5.91 Å². The van der Waals surface area contributed by atoms with Crippen LogP contribution in [0.5, 0.6) is 11.5 Å². The average Bonchev–Trinajstić information content (AvgIpc) is 2.85. The molecule has 0 aliphatic heterocycles. The Morgan fingerprint density at radius 3 is 2.40 bits per heavy atom. The second-order valence-corrected chi connectivity index (χ2v) is 9.46. The largest absolute Gasteiger partial charge is 0.465 e. The summed E-state index contributed by atoms with van der Waals surface area (Å²) in [5, 5.41) is 13.9. The lowest BCUT2D eigenvalue weighted by molar-refractivity contribution is -0.119. The second kappa shape index (κ2) is 12.6. The van der Waals surface area contributed by atoms with Gasteiger partial charge >= 0.3 is 12.1 Å². The first-order chi connectivity index (χ1) is 18.8. The molecule has 40 heavy (non-hydrogen) atoms. The molecule has 0 spiro atoms. The Morgan fingerprint density at radius 1 is 1.07 bits per heavy atom. The van der Waals surface area contributed by atoms with Crippen LogP contribution in [0.4, 0.5) is 29.9 Å². The van der Waals surface area contributed by atoms with Crippen LogP contribution in [0.3, 0.4) is 0 Å². The summed E-state index contributed by atoms with van der Waals surface area (Å²) in [5.41, 5.74) is 5.94. The molecule has 12 heteroatoms. The fraction of sp³-hybridized carbons (Fsp3) is 0.214. The first-order valence-electron chi connectivity index (χ1n) is 11.9. The van der Waals surface area contributed by atoms with Crippen LogP contribution in [0.15, 0.2) is 54.7 Å². The quantitative estimate of drug-likeness (QED) is 0.323. The molecule has 0 aliphatic rings. The first kappa shape index (κ1) is 29.4. The minimum absolute atomic E-state index is 0.00306. The summed E-state index contributed by atoms with van der Waals surface area (Å²) in [6, 6.07) is 9.38. The third-order valence-corrected chi connectivity index (χ3v) is 5.37. The van der Waals surface area contributed by atoms with Gasteiger partial charge in [-0.15, -0.1) is 0 Å². The number of imide groups is 1. The normalized spacial score (nSPS) is 10.6. The van der Waals surface area contributed by atoms with Crippen LogP contribution in [-0.4, -0.2) is 45.1 Å². The van der Waals surface area contributed by atoms with E-state index in [-0.39, 0.29) is 41.5 Å². The van der Waals surface area contributed by atoms with Crippen LogP contribution in [-0.2, 0) is 11.2 Å². The number of hydrogen-bond donors (Lipinski definition) is 4. The number of pyridine rings is 1. The maximum atomic E-state index is 14.8. The molecule has 208 valence electrons. The molecule has 0 atom stereocenters. The van der Waals surface area contributed by atoms with Gasteiger partial charge in [0.1, 0.15) is 22.9 Å². The maximum Gasteiger partial charge on any atom is 0.408 e. The first-order valence-corrected chi connectivity index (χ1v) is 11.9. The fourth-order valence-electron chi connectivity index (χ4n) is 3.37. The molecule has 0 bridgehead atoms. The number of hydrogen-bond acceptors (Lipinski definition) is 6. The Labute approximate surface area is 229 Å². The molecule has 1 aromatic heterocycles. The van der Waals surface area contributed by atoms with E-state index in [9.17, 15) is 28.3 Å². The molecule has 2 aromatic carbocycles. The van der Waals surface area contributed by atoms with Crippen molar-refractivity contribution in [3.63, 3.8) is 0 Å². The zero-order valence-electron chi connectivity index (χ0n) is 21.9. The van der Waals surface area contributed by atoms with Crippen molar-refractivity contribution in [3.05, 3.63) is 77.5 Å². The van der Waals surface area contributed by atoms with Gasteiger partial charge in [0.05, 0.1) is 13.0 Å². The molecule has 0 fully saturated rings. The number of nitrogen functional groups attached to an aromatic ring is 1. The highest BCUT2D eigenvalue weighted by atomic mass is 19.1. The van der Waals surface area contributed by atoms with Crippen molar-refractivity contribution < 1.29 is 33.0 Å². The summed E-state index contributed by atoms with van der Waals surface area (Å²) in [6.07, 6.45) is 0.0501. The summed E-state index contributed by atoms with van der Waals surface area (Å²) >= 11 is 0. The van der Waals surface area contributed by atoms with E-state index in [0.717, 1.165) is 11.0 Å². The number of amides is 4. The Bertz CT molecular complexity index is 1480. The van der Waals surface area contributed by atoms with Gasteiger partial charge in [-0.25, -0.2) is 23.4 Å². The SMILES string of the molecule is CC(C)(C)N(CC#Cc1c(Oc2ccc(NC(=O)NC(=O)Cc3ccc(F)cc3)cc2F)ccnc1N)C(=O)O. The highest BCUT2D eigenvalue weighted by Gasteiger charge is 2.25. The van der Waals surface area contributed by atoms with Gasteiger partial charge in [0.25, 0.3) is 0 Å². The summed E-state index contributed by atoms with van der Waals surface area (Å²) in [7, 11) is 0. The van der Waals surface area contributed by atoms with Crippen molar-refractivity contribution in [1.82, 2.24) is 15.2 Å². The number of carbonyl (C=O) groups is 3. The summed E-state index contributed by atoms with van der Waals surface area (Å²) < 4.78 is 33.5. The Hall–Kier alpha value is -5.18. The van der Waals surface area contributed by atoms with E-state index in [1.165, 1.54) is 48.7 Å². The molecular weight excluding hydrogens is 524 g/mol. The molecule has 0 saturated heterocycles. The van der Waals surface area contributed by atoms with Crippen molar-refractivity contribution in [1.29, 1.82) is 0 Å². The van der Waals surface area contributed by atoms with E-state index in [1.807, 2.05) is 0 Å². The van der Waals surface area contributed by atoms with E-state index in [0.29, 0.717) is 5.56 Å². The van der Waals surface area contributed by atoms with Gasteiger partial charge < -0.3 is 20.9 Å². The van der Waals surface area contributed by atoms with Gasteiger partial charge in [0.15, 0.2) is 11.6 Å². The van der Waals surface area contributed by atoms with E-state index >= 15 is 0 Å². The van der Waals surface area contributed by atoms with Crippen molar-refractivity contribution in [3.8, 4) is 23.3 Å². The number of anilines is 2. The predicted molar refractivity (Wildman–Crippen MR) is 144 cm³/mol. The van der Waals surface area contributed by atoms with Gasteiger partial charge in [0, 0.05) is 29.6 Å². The lowest BCUT2D eigenvalue weighted by atomic mass is 10.1. The van der Waals surface area contributed by atoms with E-state index in [2.05, 4.69) is 27.5 Å². The minimum atomic E-state index is -1.14. The predicted octanol–water partition coefficient (Wildman–Crippen LogP) is 4.76. The minimum Gasteiger partial charge on any atom is -0.465 e. The van der Waals surface area contributed by atoms with Gasteiger partial charge in [-0.2, -0.15) is 0 Å². The zero-order chi connectivity index (χ0) is 29.4. The number of aromatic nitrogens is 1. The number of urea groups is 1. The maximum absolute atomic E-state index is 14.8. The Balaban J connectivity index is 1.68. The van der Waals surface area contributed by atoms with Gasteiger partial charge in [-0.05, 0) is 50.6 Å². The number of nitrogens with one attached hydrogen (secondary N) is 2. The molecule has 1 heterocycles. The lowest BCUT2D eigenvalue weighted by Crippen LogP contribution is -2.45. The molecule has 0 saturated carbocycles. The third kappa shape index (κ3) is 8.16. The smallest absolute Gasteiger partial charge is 0.408 e. The molecule has 3 rings (SSSR count). The number of rotatable bonds is 6. The van der Waals surface area contributed by atoms with E-state index in [4.69, 9.17) is 10.5 Å². The van der Waals surface area contributed by atoms with Crippen LogP contribution in [0.25, 0.3) is 0 Å². The van der Waals surface area contributed by atoms with Crippen LogP contribution in [0.1, 0.15) is 31.9 Å². The molecule has 0 unspecified atom stereocenters. The van der Waals surface area contributed by atoms with Crippen LogP contribution >= 0.6 is 0 Å². The zero-order valence-corrected chi connectivity index (χ0v) is 21.9. The number of nitrogens with zero attached hydrogens (tertiary/aromatic N) is 2. The van der Waals surface area contributed by atoms with Crippen LogP contribution in [0, 0.1) is 23.5 Å². The topological polar surface area (TPSA) is 147 Å². The second-order valence-electron chi connectivity index (χ2n) is 9.46. The molecular formula is C28H27F2N5O5. The van der Waals surface area contributed by atoms with Gasteiger partial charge in [-0.3, -0.25) is 15.0 Å². The van der Waals surface area contributed by atoms with E-state index < -0.39 is 35.2 Å². The number of halogens is 2. The van der Waals surface area contributed by atoms with Crippen molar-refractivity contribution >= 4 is 29.5 Å². The molecule has 0 aliphatic carbocycles. The number of nitrogens with two attached hydrogens (primary N) is 1. The van der Waals surface area contributed by atoms with Crippen molar-refractivity contribution in [2.24, 2.45) is 0 Å². The Morgan fingerprint density at radius 2 is 1.77 bits per heavy atom. The monoisotopic (exact) mass is 551 g/mol. The third-order valence-electron chi connectivity index (χ3n) is 5.37. The molecule has 5 N–H and O–H groups in total. The van der Waals surface area contributed by atoms with Crippen molar-refractivity contribution in [2.75, 3.05) is 17.6 Å². The lowest BCUT2D eigenvalue weighted by Gasteiger charge is -2.31. The number of carbonyl (C=O) groups excluding carboxylic acids is 2. The molecule has 10 nitrogen and oxygen atoms in total. The number of carboxylic acid groups (broad SMARTS) is 1. The highest BCUT2D eigenvalue weighted by Crippen LogP contribution is 2.30. The van der Waals surface area contributed by atoms with Crippen LogP contribution < -0.4 is 21.1 Å². The van der Waals surface area contributed by atoms with Crippen molar-refractivity contribution in [2.45, 2.75) is 32.7 Å². The van der Waals surface area contributed by atoms with Gasteiger partial charge in [-0.1, -0.05) is 24.0 Å². The fourth-order valence-corrected chi connectivity index (χ4v) is 3.37. The number of benzene rings is 2. The summed E-state index contributed by atoms with van der Waals surface area (Å²) in [4.78, 5) is 40.8. The molecule has 4 amide bonds. The highest BCUT2D eigenvalue weighted by molar-refractivity contribution is 6.01. The summed E-state index contributed by atoms with van der Waals surface area (Å²) in [5.74, 6) is 3.44. The summed E-state index contributed by atoms with van der Waals surface area (Å²) in [6.45, 7) is 5.07. The van der Waals surface area contributed by atoms with Crippen LogP contribution in [0.2, 0.25) is 0 Å². The molecule has 0 radical (unpaired) electrons. The average molecular weight is 552 g/mol. The number of ether oxygens (including phenoxy) is 1. The standard InChI is InChI=1S/C28H27F2N5O5/c1-28(2,3)35(27(38)39)14-4-5-20-22(12-13-32-25(20)31)40-23-11-10-19(16-21(23)30)33-26(37)34-24(36)15-17-6-8-18(29)9-7-17/h6-13,16H,14-15H2,1-3H3,(H2,31,32)(H,38,39)(H2,33,34,36,37). The van der Waals surface area contributed by atoms with E-state index in [1.54, 1.807) is 20.8 Å². The Kier molecular flexibility index (Phi) is 9.24.